The second kappa shape index (κ2) is 15.7. The lowest BCUT2D eigenvalue weighted by atomic mass is 9.39. The van der Waals surface area contributed by atoms with Gasteiger partial charge >= 0.3 is 0 Å². The van der Waals surface area contributed by atoms with Crippen LogP contribution in [-0.2, 0) is 6.42 Å². The van der Waals surface area contributed by atoms with Gasteiger partial charge in [0, 0.05) is 0 Å². The molecule has 0 bridgehead atoms. The van der Waals surface area contributed by atoms with Gasteiger partial charge in [0.05, 0.1) is 0 Å². The zero-order chi connectivity index (χ0) is 35.9. The van der Waals surface area contributed by atoms with Gasteiger partial charge < -0.3 is 0 Å². The lowest BCUT2D eigenvalue weighted by Crippen LogP contribution is -2.48. The van der Waals surface area contributed by atoms with E-state index in [2.05, 4.69) is 169 Å². The van der Waals surface area contributed by atoms with Crippen LogP contribution in [0.3, 0.4) is 0 Å². The van der Waals surface area contributed by atoms with Crippen molar-refractivity contribution in [1.82, 2.24) is 0 Å². The standard InChI is InChI=1S/C48H46B2/c1-11-40-18-12-15-21-46(40)49(10)38(8)27-26-36(6)39(9)45(32-37(7)35(5)25-24-34(4)33(2)3)41-28-30-42(31-29-41)50-47-22-16-13-19-43(47)44-20-14-17-23-48(44)50/h12-32H,2,4-9,11H2,1,3,10H3/b25-24-,27-26-,45-32+. The van der Waals surface area contributed by atoms with Gasteiger partial charge in [0.15, 0.2) is 0 Å². The first-order valence-electron chi connectivity index (χ1n) is 17.3. The minimum Gasteiger partial charge on any atom is -0.104 e. The third-order valence-electron chi connectivity index (χ3n) is 9.82. The molecule has 0 atom stereocenters. The van der Waals surface area contributed by atoms with Gasteiger partial charge in [0.2, 0.25) is 13.4 Å². The summed E-state index contributed by atoms with van der Waals surface area (Å²) in [6, 6.07) is 34.9. The molecule has 0 saturated carbocycles. The summed E-state index contributed by atoms with van der Waals surface area (Å²) in [6.45, 7) is 36.8. The Bertz CT molecular complexity index is 2080. The summed E-state index contributed by atoms with van der Waals surface area (Å²) in [4.78, 5) is 0. The Morgan fingerprint density at radius 3 is 1.76 bits per heavy atom. The van der Waals surface area contributed by atoms with Crippen LogP contribution in [0.15, 0.2) is 212 Å². The van der Waals surface area contributed by atoms with E-state index in [1.807, 2.05) is 25.2 Å². The van der Waals surface area contributed by atoms with E-state index in [-0.39, 0.29) is 13.4 Å². The fraction of sp³-hybridized carbons (Fsp3) is 0.0833. The van der Waals surface area contributed by atoms with Crippen LogP contribution in [0.5, 0.6) is 0 Å². The van der Waals surface area contributed by atoms with Crippen molar-refractivity contribution < 1.29 is 0 Å². The maximum atomic E-state index is 4.55. The van der Waals surface area contributed by atoms with Crippen molar-refractivity contribution in [3.8, 4) is 11.1 Å². The Hall–Kier alpha value is -5.59. The maximum Gasteiger partial charge on any atom is 0.242 e. The molecule has 0 amide bonds. The molecule has 0 radical (unpaired) electrons. The van der Waals surface area contributed by atoms with Gasteiger partial charge in [-0.2, -0.15) is 0 Å². The van der Waals surface area contributed by atoms with E-state index >= 15 is 0 Å². The molecule has 0 spiro atoms. The molecule has 244 valence electrons. The van der Waals surface area contributed by atoms with E-state index in [0.29, 0.717) is 0 Å². The topological polar surface area (TPSA) is 0 Å². The number of allylic oxidation sites excluding steroid dienone is 13. The van der Waals surface area contributed by atoms with E-state index in [4.69, 9.17) is 0 Å². The van der Waals surface area contributed by atoms with Gasteiger partial charge in [0.25, 0.3) is 0 Å². The smallest absolute Gasteiger partial charge is 0.104 e. The van der Waals surface area contributed by atoms with E-state index in [1.165, 1.54) is 38.5 Å². The fourth-order valence-corrected chi connectivity index (χ4v) is 6.54. The number of fused-ring (bicyclic) bond motifs is 3. The average Bonchev–Trinajstić information content (AvgIpc) is 3.48. The molecular formula is C48H46B2. The molecule has 5 rings (SSSR count). The number of benzene rings is 4. The third kappa shape index (κ3) is 7.66. The van der Waals surface area contributed by atoms with Gasteiger partial charge in [-0.3, -0.25) is 0 Å². The highest BCUT2D eigenvalue weighted by Gasteiger charge is 2.32. The van der Waals surface area contributed by atoms with Gasteiger partial charge in [0.1, 0.15) is 0 Å². The van der Waals surface area contributed by atoms with Crippen LogP contribution in [0, 0.1) is 0 Å². The molecule has 4 aromatic carbocycles. The number of hydrogen-bond donors (Lipinski definition) is 0. The van der Waals surface area contributed by atoms with Crippen molar-refractivity contribution in [2.45, 2.75) is 27.1 Å². The SMILES string of the molecule is C=C(/C=C\C(=C)C(=C)/C(=C\C(=C)C(=C)/C=C\C(=C)C(=C)C)c1ccc(B2c3ccccc3-c3ccccc32)cc1)B(C)c1ccccc1CC. The Balaban J connectivity index is 1.46. The normalized spacial score (nSPS) is 12.1. The van der Waals surface area contributed by atoms with Crippen LogP contribution < -0.4 is 21.9 Å². The molecule has 0 aliphatic carbocycles. The molecule has 1 aliphatic heterocycles. The first kappa shape index (κ1) is 35.7. The molecule has 50 heavy (non-hydrogen) atoms. The summed E-state index contributed by atoms with van der Waals surface area (Å²) < 4.78 is 0. The zero-order valence-electron chi connectivity index (χ0n) is 29.9. The predicted molar refractivity (Wildman–Crippen MR) is 226 cm³/mol. The Kier molecular flexibility index (Phi) is 11.2. The van der Waals surface area contributed by atoms with E-state index in [1.54, 1.807) is 0 Å². The van der Waals surface area contributed by atoms with Gasteiger partial charge in [-0.25, -0.2) is 0 Å². The van der Waals surface area contributed by atoms with Gasteiger partial charge in [-0.1, -0.05) is 213 Å². The monoisotopic (exact) mass is 644 g/mol. The summed E-state index contributed by atoms with van der Waals surface area (Å²) in [5.74, 6) is 0. The highest BCUT2D eigenvalue weighted by atomic mass is 14.2. The van der Waals surface area contributed by atoms with Gasteiger partial charge in [-0.05, 0) is 69.5 Å². The summed E-state index contributed by atoms with van der Waals surface area (Å²) in [5.41, 5.74) is 17.1. The lowest BCUT2D eigenvalue weighted by molar-refractivity contribution is 1.15. The predicted octanol–water partition coefficient (Wildman–Crippen LogP) is 9.73. The summed E-state index contributed by atoms with van der Waals surface area (Å²) in [6.07, 6.45) is 11.0. The van der Waals surface area contributed by atoms with Crippen LogP contribution in [-0.4, -0.2) is 13.4 Å². The molecule has 1 aliphatic rings. The second-order valence-electron chi connectivity index (χ2n) is 13.2. The summed E-state index contributed by atoms with van der Waals surface area (Å²) >= 11 is 0. The van der Waals surface area contributed by atoms with Crippen LogP contribution in [0.25, 0.3) is 16.7 Å². The van der Waals surface area contributed by atoms with E-state index in [0.717, 1.165) is 56.5 Å². The summed E-state index contributed by atoms with van der Waals surface area (Å²) in [7, 11) is 0. The Labute approximate surface area is 301 Å². The highest BCUT2D eigenvalue weighted by molar-refractivity contribution is 6.99. The van der Waals surface area contributed by atoms with Crippen molar-refractivity contribution in [2.24, 2.45) is 0 Å². The summed E-state index contributed by atoms with van der Waals surface area (Å²) in [5, 5.41) is 0. The number of hydrogen-bond acceptors (Lipinski definition) is 0. The molecule has 1 heterocycles. The molecule has 0 nitrogen and oxygen atoms in total. The van der Waals surface area contributed by atoms with Crippen LogP contribution in [0.2, 0.25) is 6.82 Å². The molecule has 2 heteroatoms. The Morgan fingerprint density at radius 2 is 1.16 bits per heavy atom. The minimum atomic E-state index is 0.178. The molecule has 0 N–H and O–H groups in total. The maximum absolute atomic E-state index is 4.55. The van der Waals surface area contributed by atoms with Crippen molar-refractivity contribution in [2.75, 3.05) is 0 Å². The second-order valence-corrected chi connectivity index (χ2v) is 13.2. The molecule has 0 saturated heterocycles. The van der Waals surface area contributed by atoms with Crippen LogP contribution in [0.4, 0.5) is 0 Å². The van der Waals surface area contributed by atoms with Gasteiger partial charge in [-0.15, -0.1) is 6.58 Å². The van der Waals surface area contributed by atoms with E-state index in [9.17, 15) is 0 Å². The first-order valence-corrected chi connectivity index (χ1v) is 17.3. The fourth-order valence-electron chi connectivity index (χ4n) is 6.54. The quantitative estimate of drug-likeness (QED) is 0.0835. The average molecular weight is 645 g/mol. The molecule has 0 unspecified atom stereocenters. The van der Waals surface area contributed by atoms with Crippen molar-refractivity contribution in [3.05, 3.63) is 224 Å². The van der Waals surface area contributed by atoms with Crippen LogP contribution >= 0.6 is 0 Å². The Morgan fingerprint density at radius 1 is 0.620 bits per heavy atom. The van der Waals surface area contributed by atoms with Crippen LogP contribution in [0.1, 0.15) is 25.0 Å². The number of aryl methyl sites for hydroxylation is 1. The largest absolute Gasteiger partial charge is 0.242 e. The van der Waals surface area contributed by atoms with Crippen molar-refractivity contribution in [3.63, 3.8) is 0 Å². The van der Waals surface area contributed by atoms with E-state index < -0.39 is 0 Å². The molecule has 0 fully saturated rings. The number of rotatable bonds is 14. The highest BCUT2D eigenvalue weighted by Crippen LogP contribution is 2.30. The van der Waals surface area contributed by atoms with Crippen molar-refractivity contribution in [1.29, 1.82) is 0 Å². The first-order chi connectivity index (χ1) is 24.0. The molecular weight excluding hydrogens is 598 g/mol. The molecule has 0 aromatic heterocycles. The molecule has 4 aromatic rings. The van der Waals surface area contributed by atoms with Crippen molar-refractivity contribution >= 4 is 40.8 Å². The third-order valence-corrected chi connectivity index (χ3v) is 9.82. The lowest BCUT2D eigenvalue weighted by Gasteiger charge is -2.16. The zero-order valence-corrected chi connectivity index (χ0v) is 29.9. The minimum absolute atomic E-state index is 0.178.